The number of imide groups is 1. The van der Waals surface area contributed by atoms with Gasteiger partial charge in [-0.25, -0.2) is 4.79 Å². The summed E-state index contributed by atoms with van der Waals surface area (Å²) in [5.41, 5.74) is 0.354. The molecular formula is C16H23ClN2O4. The van der Waals surface area contributed by atoms with E-state index in [0.717, 1.165) is 5.56 Å². The Labute approximate surface area is 141 Å². The van der Waals surface area contributed by atoms with Crippen LogP contribution in [0.15, 0.2) is 24.3 Å². The largest absolute Gasteiger partial charge is 0.444 e. The molecule has 0 bridgehead atoms. The van der Waals surface area contributed by atoms with Gasteiger partial charge in [0.05, 0.1) is 6.61 Å². The number of carbonyl (C=O) groups is 2. The van der Waals surface area contributed by atoms with Crippen LogP contribution >= 0.6 is 11.6 Å². The van der Waals surface area contributed by atoms with Crippen molar-refractivity contribution in [2.24, 2.45) is 0 Å². The molecule has 0 aromatic heterocycles. The van der Waals surface area contributed by atoms with Crippen LogP contribution in [0.1, 0.15) is 26.3 Å². The number of hydrogen-bond donors (Lipinski definition) is 3. The van der Waals surface area contributed by atoms with E-state index in [1.165, 1.54) is 0 Å². The smallest absolute Gasteiger partial charge is 0.414 e. The first kappa shape index (κ1) is 19.4. The number of nitrogens with one attached hydrogen (secondary N) is 2. The van der Waals surface area contributed by atoms with Crippen LogP contribution in [0, 0.1) is 0 Å². The third-order valence-electron chi connectivity index (χ3n) is 2.84. The molecule has 1 rings (SSSR count). The van der Waals surface area contributed by atoms with Crippen LogP contribution < -0.4 is 10.6 Å². The molecule has 0 radical (unpaired) electrons. The third-order valence-corrected chi connectivity index (χ3v) is 3.09. The normalized spacial score (nSPS) is 12.6. The Balaban J connectivity index is 2.41. The molecule has 0 unspecified atom stereocenters. The van der Waals surface area contributed by atoms with Crippen LogP contribution in [-0.2, 0) is 16.0 Å². The van der Waals surface area contributed by atoms with Gasteiger partial charge in [0.2, 0.25) is 5.91 Å². The molecule has 0 saturated heterocycles. The van der Waals surface area contributed by atoms with Gasteiger partial charge in [-0.15, -0.1) is 0 Å². The van der Waals surface area contributed by atoms with Gasteiger partial charge in [0.15, 0.2) is 0 Å². The van der Waals surface area contributed by atoms with Crippen LogP contribution in [0.5, 0.6) is 0 Å². The maximum atomic E-state index is 11.9. The van der Waals surface area contributed by atoms with E-state index in [-0.39, 0.29) is 0 Å². The summed E-state index contributed by atoms with van der Waals surface area (Å²) in [5, 5.41) is 14.9. The molecule has 3 N–H and O–H groups in total. The van der Waals surface area contributed by atoms with Gasteiger partial charge in [0, 0.05) is 5.02 Å². The van der Waals surface area contributed by atoms with Gasteiger partial charge in [-0.1, -0.05) is 23.7 Å². The van der Waals surface area contributed by atoms with Crippen molar-refractivity contribution in [1.82, 2.24) is 10.6 Å². The molecule has 7 heteroatoms. The summed E-state index contributed by atoms with van der Waals surface area (Å²) in [4.78, 5) is 23.4. The zero-order valence-corrected chi connectivity index (χ0v) is 14.3. The van der Waals surface area contributed by atoms with Gasteiger partial charge in [-0.2, -0.15) is 0 Å². The van der Waals surface area contributed by atoms with Crippen molar-refractivity contribution in [3.63, 3.8) is 0 Å². The lowest BCUT2D eigenvalue weighted by Crippen LogP contribution is -2.49. The van der Waals surface area contributed by atoms with Crippen molar-refractivity contribution < 1.29 is 19.4 Å². The number of amides is 2. The van der Waals surface area contributed by atoms with E-state index in [4.69, 9.17) is 16.3 Å². The number of aliphatic hydroxyl groups is 1. The standard InChI is InChI=1S/C16H23ClN2O4/c1-16(2,3)23-15(22)19-14(21)13(10-20)18-9-8-11-4-6-12(17)7-5-11/h4-7,13,18,20H,8-10H2,1-3H3,(H,19,21,22)/t13-/m0/s1. The van der Waals surface area contributed by atoms with Crippen molar-refractivity contribution in [2.75, 3.05) is 13.2 Å². The van der Waals surface area contributed by atoms with Gasteiger partial charge < -0.3 is 15.2 Å². The molecule has 6 nitrogen and oxygen atoms in total. The molecule has 0 saturated carbocycles. The minimum Gasteiger partial charge on any atom is -0.444 e. The van der Waals surface area contributed by atoms with Crippen LogP contribution in [0.3, 0.4) is 0 Å². The maximum absolute atomic E-state index is 11.9. The summed E-state index contributed by atoms with van der Waals surface area (Å²) < 4.78 is 5.00. The SMILES string of the molecule is CC(C)(C)OC(=O)NC(=O)[C@H](CO)NCCc1ccc(Cl)cc1. The average Bonchev–Trinajstić information content (AvgIpc) is 2.43. The molecule has 0 aliphatic heterocycles. The predicted molar refractivity (Wildman–Crippen MR) is 88.4 cm³/mol. The third kappa shape index (κ3) is 7.97. The molecule has 23 heavy (non-hydrogen) atoms. The first-order valence-corrected chi connectivity index (χ1v) is 7.71. The van der Waals surface area contributed by atoms with E-state index >= 15 is 0 Å². The van der Waals surface area contributed by atoms with Crippen LogP contribution in [0.4, 0.5) is 4.79 Å². The lowest BCUT2D eigenvalue weighted by Gasteiger charge is -2.21. The van der Waals surface area contributed by atoms with E-state index in [2.05, 4.69) is 10.6 Å². The van der Waals surface area contributed by atoms with E-state index in [1.54, 1.807) is 32.9 Å². The number of benzene rings is 1. The van der Waals surface area contributed by atoms with Crippen LogP contribution in [0.2, 0.25) is 5.02 Å². The van der Waals surface area contributed by atoms with Crippen molar-refractivity contribution in [1.29, 1.82) is 0 Å². The highest BCUT2D eigenvalue weighted by atomic mass is 35.5. The van der Waals surface area contributed by atoms with Crippen molar-refractivity contribution in [3.05, 3.63) is 34.9 Å². The summed E-state index contributed by atoms with van der Waals surface area (Å²) in [6, 6.07) is 6.47. The van der Waals surface area contributed by atoms with Gasteiger partial charge in [-0.05, 0) is 51.4 Å². The molecule has 1 aromatic carbocycles. The second-order valence-electron chi connectivity index (χ2n) is 6.06. The number of ether oxygens (including phenoxy) is 1. The van der Waals surface area contributed by atoms with Crippen molar-refractivity contribution in [3.8, 4) is 0 Å². The minimum atomic E-state index is -0.880. The molecular weight excluding hydrogens is 320 g/mol. The molecule has 1 aromatic rings. The number of halogens is 1. The lowest BCUT2D eigenvalue weighted by atomic mass is 10.1. The number of rotatable bonds is 6. The number of carbonyl (C=O) groups excluding carboxylic acids is 2. The first-order valence-electron chi connectivity index (χ1n) is 7.34. The van der Waals surface area contributed by atoms with Gasteiger partial charge in [0.25, 0.3) is 0 Å². The second-order valence-corrected chi connectivity index (χ2v) is 6.49. The van der Waals surface area contributed by atoms with E-state index in [9.17, 15) is 14.7 Å². The van der Waals surface area contributed by atoms with Gasteiger partial charge in [-0.3, -0.25) is 10.1 Å². The topological polar surface area (TPSA) is 87.7 Å². The van der Waals surface area contributed by atoms with Crippen molar-refractivity contribution >= 4 is 23.6 Å². The number of hydrogen-bond acceptors (Lipinski definition) is 5. The Kier molecular flexibility index (Phi) is 7.48. The molecule has 0 aliphatic carbocycles. The summed E-state index contributed by atoms with van der Waals surface area (Å²) >= 11 is 5.81. The molecule has 128 valence electrons. The Morgan fingerprint density at radius 2 is 1.87 bits per heavy atom. The second kappa shape index (κ2) is 8.86. The fourth-order valence-corrected chi connectivity index (χ4v) is 1.90. The summed E-state index contributed by atoms with van der Waals surface area (Å²) in [5.74, 6) is -0.627. The Morgan fingerprint density at radius 1 is 1.26 bits per heavy atom. The molecule has 2 amide bonds. The molecule has 0 heterocycles. The fraction of sp³-hybridized carbons (Fsp3) is 0.500. The van der Waals surface area contributed by atoms with Gasteiger partial charge >= 0.3 is 6.09 Å². The van der Waals surface area contributed by atoms with Crippen LogP contribution in [0.25, 0.3) is 0 Å². The van der Waals surface area contributed by atoms with Gasteiger partial charge in [0.1, 0.15) is 11.6 Å². The molecule has 0 spiro atoms. The Hall–Kier alpha value is -1.63. The highest BCUT2D eigenvalue weighted by Crippen LogP contribution is 2.09. The summed E-state index contributed by atoms with van der Waals surface area (Å²) in [7, 11) is 0. The quantitative estimate of drug-likeness (QED) is 0.734. The average molecular weight is 343 g/mol. The highest BCUT2D eigenvalue weighted by Gasteiger charge is 2.22. The van der Waals surface area contributed by atoms with E-state index in [1.807, 2.05) is 12.1 Å². The fourth-order valence-electron chi connectivity index (χ4n) is 1.77. The Morgan fingerprint density at radius 3 is 2.39 bits per heavy atom. The lowest BCUT2D eigenvalue weighted by molar-refractivity contribution is -0.123. The first-order chi connectivity index (χ1) is 10.7. The van der Waals surface area contributed by atoms with E-state index in [0.29, 0.717) is 18.0 Å². The maximum Gasteiger partial charge on any atom is 0.414 e. The molecule has 1 atom stereocenters. The minimum absolute atomic E-state index is 0.421. The van der Waals surface area contributed by atoms with Crippen LogP contribution in [-0.4, -0.2) is 41.9 Å². The molecule has 0 aliphatic rings. The molecule has 0 fully saturated rings. The highest BCUT2D eigenvalue weighted by molar-refractivity contribution is 6.30. The van der Waals surface area contributed by atoms with Crippen molar-refractivity contribution in [2.45, 2.75) is 38.8 Å². The number of alkyl carbamates (subject to hydrolysis) is 1. The monoisotopic (exact) mass is 342 g/mol. The summed E-state index contributed by atoms with van der Waals surface area (Å²) in [6.45, 7) is 5.14. The Bertz CT molecular complexity index is 526. The predicted octanol–water partition coefficient (Wildman–Crippen LogP) is 1.88. The summed E-state index contributed by atoms with van der Waals surface area (Å²) in [6.07, 6.45) is -0.173. The van der Waals surface area contributed by atoms with E-state index < -0.39 is 30.3 Å². The zero-order valence-electron chi connectivity index (χ0n) is 13.6. The number of aliphatic hydroxyl groups excluding tert-OH is 1. The zero-order chi connectivity index (χ0) is 17.5.